The second kappa shape index (κ2) is 4.28. The first-order valence-electron chi connectivity index (χ1n) is 5.31. The van der Waals surface area contributed by atoms with Crippen LogP contribution < -0.4 is 5.32 Å². The highest BCUT2D eigenvalue weighted by molar-refractivity contribution is 5.76. The van der Waals surface area contributed by atoms with Crippen molar-refractivity contribution in [1.29, 1.82) is 0 Å². The second-order valence-electron chi connectivity index (χ2n) is 3.94. The Hall–Kier alpha value is -0.610. The predicted molar refractivity (Wildman–Crippen MR) is 50.9 cm³/mol. The van der Waals surface area contributed by atoms with Crippen molar-refractivity contribution >= 4 is 5.97 Å². The maximum absolute atomic E-state index is 11.5. The molecule has 1 unspecified atom stereocenters. The molecule has 4 nitrogen and oxygen atoms in total. The third-order valence-corrected chi connectivity index (χ3v) is 3.00. The Balaban J connectivity index is 1.89. The number of hydrogen-bond donors (Lipinski definition) is 1. The third-order valence-electron chi connectivity index (χ3n) is 3.00. The highest BCUT2D eigenvalue weighted by atomic mass is 16.5. The van der Waals surface area contributed by atoms with Crippen molar-refractivity contribution in [3.05, 3.63) is 0 Å². The molecule has 2 rings (SSSR count). The van der Waals surface area contributed by atoms with Crippen LogP contribution in [0.2, 0.25) is 0 Å². The molecular formula is C10H17NO3. The molecule has 2 fully saturated rings. The van der Waals surface area contributed by atoms with Gasteiger partial charge in [0, 0.05) is 12.6 Å². The van der Waals surface area contributed by atoms with Gasteiger partial charge in [0.05, 0.1) is 13.2 Å². The molecule has 1 N–H and O–H groups in total. The van der Waals surface area contributed by atoms with Crippen molar-refractivity contribution < 1.29 is 14.3 Å². The van der Waals surface area contributed by atoms with Crippen LogP contribution in [0.15, 0.2) is 0 Å². The summed E-state index contributed by atoms with van der Waals surface area (Å²) in [6, 6.07) is 0.352. The fourth-order valence-electron chi connectivity index (χ4n) is 2.28. The SMILES string of the molecule is CCOC(=O)C1C[C@H]2COCC[C@H]2N1. The zero-order chi connectivity index (χ0) is 9.97. The van der Waals surface area contributed by atoms with Gasteiger partial charge in [-0.15, -0.1) is 0 Å². The Kier molecular flexibility index (Phi) is 3.03. The van der Waals surface area contributed by atoms with Crippen LogP contribution in [-0.4, -0.2) is 37.9 Å². The highest BCUT2D eigenvalue weighted by Crippen LogP contribution is 2.26. The van der Waals surface area contributed by atoms with Gasteiger partial charge >= 0.3 is 5.97 Å². The quantitative estimate of drug-likeness (QED) is 0.650. The van der Waals surface area contributed by atoms with Gasteiger partial charge in [-0.1, -0.05) is 0 Å². The molecule has 2 aliphatic rings. The lowest BCUT2D eigenvalue weighted by atomic mass is 9.96. The molecule has 0 aliphatic carbocycles. The van der Waals surface area contributed by atoms with E-state index in [1.165, 1.54) is 0 Å². The van der Waals surface area contributed by atoms with Crippen LogP contribution in [0.4, 0.5) is 0 Å². The summed E-state index contributed by atoms with van der Waals surface area (Å²) in [5.74, 6) is 0.389. The number of hydrogen-bond acceptors (Lipinski definition) is 4. The predicted octanol–water partition coefficient (Wildman–Crippen LogP) is 0.317. The lowest BCUT2D eigenvalue weighted by Gasteiger charge is -2.24. The molecule has 0 spiro atoms. The van der Waals surface area contributed by atoms with Gasteiger partial charge < -0.3 is 14.8 Å². The maximum Gasteiger partial charge on any atom is 0.323 e. The van der Waals surface area contributed by atoms with Crippen LogP contribution in [0.5, 0.6) is 0 Å². The number of carbonyl (C=O) groups is 1. The zero-order valence-electron chi connectivity index (χ0n) is 8.49. The molecule has 2 saturated heterocycles. The van der Waals surface area contributed by atoms with E-state index < -0.39 is 0 Å². The highest BCUT2D eigenvalue weighted by Gasteiger charge is 2.39. The molecule has 80 valence electrons. The lowest BCUT2D eigenvalue weighted by molar-refractivity contribution is -0.145. The van der Waals surface area contributed by atoms with Crippen LogP contribution in [0.3, 0.4) is 0 Å². The molecule has 0 bridgehead atoms. The van der Waals surface area contributed by atoms with E-state index in [2.05, 4.69) is 5.32 Å². The average molecular weight is 199 g/mol. The first-order valence-corrected chi connectivity index (χ1v) is 5.31. The molecule has 4 heteroatoms. The van der Waals surface area contributed by atoms with E-state index in [4.69, 9.17) is 9.47 Å². The van der Waals surface area contributed by atoms with Gasteiger partial charge in [0.15, 0.2) is 0 Å². The Bertz CT molecular complexity index is 205. The van der Waals surface area contributed by atoms with E-state index in [-0.39, 0.29) is 12.0 Å². The van der Waals surface area contributed by atoms with E-state index >= 15 is 0 Å². The summed E-state index contributed by atoms with van der Waals surface area (Å²) in [6.07, 6.45) is 1.88. The Morgan fingerprint density at radius 2 is 2.50 bits per heavy atom. The van der Waals surface area contributed by atoms with Gasteiger partial charge in [0.2, 0.25) is 0 Å². The van der Waals surface area contributed by atoms with Gasteiger partial charge in [-0.2, -0.15) is 0 Å². The topological polar surface area (TPSA) is 47.6 Å². The standard InChI is InChI=1S/C10H17NO3/c1-2-14-10(12)9-5-7-6-13-4-3-8(7)11-9/h7-9,11H,2-6H2,1H3/t7-,8+,9?/m0/s1. The van der Waals surface area contributed by atoms with E-state index in [1.54, 1.807) is 0 Å². The molecule has 0 aromatic carbocycles. The lowest BCUT2D eigenvalue weighted by Crippen LogP contribution is -2.39. The largest absolute Gasteiger partial charge is 0.465 e. The molecular weight excluding hydrogens is 182 g/mol. The normalized spacial score (nSPS) is 36.5. The van der Waals surface area contributed by atoms with Crippen molar-refractivity contribution in [2.24, 2.45) is 5.92 Å². The molecule has 2 aliphatic heterocycles. The monoisotopic (exact) mass is 199 g/mol. The number of rotatable bonds is 2. The molecule has 14 heavy (non-hydrogen) atoms. The molecule has 0 amide bonds. The van der Waals surface area contributed by atoms with Gasteiger partial charge in [-0.05, 0) is 25.7 Å². The average Bonchev–Trinajstić information content (AvgIpc) is 2.61. The Morgan fingerprint density at radius 1 is 1.64 bits per heavy atom. The van der Waals surface area contributed by atoms with Crippen molar-refractivity contribution in [2.75, 3.05) is 19.8 Å². The van der Waals surface area contributed by atoms with Crippen LogP contribution >= 0.6 is 0 Å². The first kappa shape index (κ1) is 9.93. The number of nitrogens with one attached hydrogen (secondary N) is 1. The smallest absolute Gasteiger partial charge is 0.323 e. The zero-order valence-corrected chi connectivity index (χ0v) is 8.49. The van der Waals surface area contributed by atoms with Gasteiger partial charge in [-0.3, -0.25) is 4.79 Å². The van der Waals surface area contributed by atoms with Crippen LogP contribution in [0.25, 0.3) is 0 Å². The minimum Gasteiger partial charge on any atom is -0.465 e. The van der Waals surface area contributed by atoms with Crippen molar-refractivity contribution in [2.45, 2.75) is 31.8 Å². The Labute approximate surface area is 84.0 Å². The third kappa shape index (κ3) is 1.91. The summed E-state index contributed by atoms with van der Waals surface area (Å²) in [5.41, 5.74) is 0. The molecule has 0 aromatic heterocycles. The number of ether oxygens (including phenoxy) is 2. The molecule has 0 radical (unpaired) electrons. The van der Waals surface area contributed by atoms with Crippen LogP contribution in [0.1, 0.15) is 19.8 Å². The Morgan fingerprint density at radius 3 is 3.21 bits per heavy atom. The van der Waals surface area contributed by atoms with E-state index in [0.717, 1.165) is 26.1 Å². The van der Waals surface area contributed by atoms with E-state index in [9.17, 15) is 4.79 Å². The minimum absolute atomic E-state index is 0.105. The summed E-state index contributed by atoms with van der Waals surface area (Å²) in [6.45, 7) is 3.89. The summed E-state index contributed by atoms with van der Waals surface area (Å²) in [7, 11) is 0. The van der Waals surface area contributed by atoms with Crippen LogP contribution in [0, 0.1) is 5.92 Å². The van der Waals surface area contributed by atoms with Gasteiger partial charge in [0.1, 0.15) is 6.04 Å². The number of fused-ring (bicyclic) bond motifs is 1. The molecule has 2 heterocycles. The minimum atomic E-state index is -0.109. The summed E-state index contributed by atoms with van der Waals surface area (Å²) < 4.78 is 10.4. The fourth-order valence-corrected chi connectivity index (χ4v) is 2.28. The van der Waals surface area contributed by atoms with E-state index in [1.807, 2.05) is 6.92 Å². The number of carbonyl (C=O) groups excluding carboxylic acids is 1. The van der Waals surface area contributed by atoms with E-state index in [0.29, 0.717) is 18.6 Å². The fraction of sp³-hybridized carbons (Fsp3) is 0.900. The molecule has 0 aromatic rings. The molecule has 3 atom stereocenters. The van der Waals surface area contributed by atoms with Crippen molar-refractivity contribution in [1.82, 2.24) is 5.32 Å². The number of esters is 1. The molecule has 0 saturated carbocycles. The second-order valence-corrected chi connectivity index (χ2v) is 3.94. The first-order chi connectivity index (χ1) is 6.81. The summed E-state index contributed by atoms with van der Waals surface area (Å²) in [4.78, 5) is 11.5. The van der Waals surface area contributed by atoms with Crippen LogP contribution in [-0.2, 0) is 14.3 Å². The van der Waals surface area contributed by atoms with Gasteiger partial charge in [-0.25, -0.2) is 0 Å². The summed E-state index contributed by atoms with van der Waals surface area (Å²) >= 11 is 0. The van der Waals surface area contributed by atoms with Gasteiger partial charge in [0.25, 0.3) is 0 Å². The van der Waals surface area contributed by atoms with Crippen molar-refractivity contribution in [3.63, 3.8) is 0 Å². The summed E-state index contributed by atoms with van der Waals surface area (Å²) in [5, 5.41) is 3.32. The maximum atomic E-state index is 11.5. The van der Waals surface area contributed by atoms with Crippen molar-refractivity contribution in [3.8, 4) is 0 Å².